The highest BCUT2D eigenvalue weighted by Crippen LogP contribution is 2.26. The molecule has 64 heavy (non-hydrogen) atoms. The average Bonchev–Trinajstić information content (AvgIpc) is 3.32. The Labute approximate surface area is 374 Å². The molecule has 2 aromatic heterocycles. The Balaban J connectivity index is 0.947. The summed E-state index contributed by atoms with van der Waals surface area (Å²) >= 11 is 0. The van der Waals surface area contributed by atoms with Crippen LogP contribution in [0.25, 0.3) is 21.5 Å². The number of carbonyl (C=O) groups excluding carboxylic acids is 4. The van der Waals surface area contributed by atoms with Crippen molar-refractivity contribution in [2.45, 2.75) is 107 Å². The molecule has 1 unspecified atom stereocenters. The molecule has 2 saturated carbocycles. The van der Waals surface area contributed by atoms with Crippen LogP contribution in [0.15, 0.2) is 134 Å². The van der Waals surface area contributed by atoms with Crippen molar-refractivity contribution in [3.63, 3.8) is 0 Å². The lowest BCUT2D eigenvalue weighted by Gasteiger charge is -2.34. The van der Waals surface area contributed by atoms with Gasteiger partial charge in [0, 0.05) is 59.2 Å². The van der Waals surface area contributed by atoms with Crippen LogP contribution in [0.4, 0.5) is 0 Å². The molecule has 8 rings (SSSR count). The standard InChI is InChI=1S/C53H58N6O5/c60-43(29-41(27-35-15-3-1-4-16-35)50(61)56-44-23-11-13-25-46(44)58-52(63)48-31-37-19-7-9-21-39(37)33-54-48)30-42(28-36-17-5-2-6-18-36)51(62)57-45-24-12-14-26-47(45)59-53(64)49-32-38-20-8-10-22-40(38)34-55-49/h1-10,15-22,31-34,41-47,60H,11-14,23-30H2,(H,56,61)(H,57,62)(H,58,63)(H,59,64)/t41-,42+,43?,44-,45-,46-,47-/m0/s1. The van der Waals surface area contributed by atoms with Crippen LogP contribution in [-0.4, -0.2) is 69.0 Å². The first-order chi connectivity index (χ1) is 31.3. The van der Waals surface area contributed by atoms with Crippen LogP contribution in [0, 0.1) is 11.8 Å². The smallest absolute Gasteiger partial charge is 0.270 e. The first kappa shape index (κ1) is 44.2. The number of benzene rings is 4. The maximum atomic E-state index is 14.4. The maximum Gasteiger partial charge on any atom is 0.270 e. The predicted molar refractivity (Wildman–Crippen MR) is 249 cm³/mol. The van der Waals surface area contributed by atoms with Gasteiger partial charge in [-0.3, -0.25) is 29.1 Å². The highest BCUT2D eigenvalue weighted by atomic mass is 16.3. The van der Waals surface area contributed by atoms with Crippen LogP contribution in [0.2, 0.25) is 0 Å². The summed E-state index contributed by atoms with van der Waals surface area (Å²) in [7, 11) is 0. The number of nitrogens with zero attached hydrogens (tertiary/aromatic N) is 2. The molecule has 4 aromatic carbocycles. The topological polar surface area (TPSA) is 162 Å². The molecular weight excluding hydrogens is 801 g/mol. The van der Waals surface area contributed by atoms with E-state index in [1.54, 1.807) is 24.5 Å². The fraction of sp³-hybridized carbons (Fsp3) is 0.358. The summed E-state index contributed by atoms with van der Waals surface area (Å²) in [6.45, 7) is 0. The summed E-state index contributed by atoms with van der Waals surface area (Å²) in [6, 6.07) is 37.5. The fourth-order valence-corrected chi connectivity index (χ4v) is 9.57. The Hall–Kier alpha value is -6.46. The predicted octanol–water partition coefficient (Wildman–Crippen LogP) is 7.66. The number of hydrogen-bond donors (Lipinski definition) is 5. The van der Waals surface area contributed by atoms with E-state index in [1.165, 1.54) is 0 Å². The molecule has 11 heteroatoms. The summed E-state index contributed by atoms with van der Waals surface area (Å²) in [5.41, 5.74) is 2.59. The zero-order chi connectivity index (χ0) is 44.3. The molecule has 4 amide bonds. The molecule has 330 valence electrons. The molecule has 0 saturated heterocycles. The SMILES string of the molecule is O=C(N[C@H]1CCCC[C@@H]1NC(=O)[C@H](Cc1ccccc1)CC(O)C[C@H](Cc1ccccc1)C(=O)N[C@H]1CCCC[C@@H]1NC(=O)c1cc2ccccc2cn1)c1cc2ccccc2cn1. The molecule has 2 aliphatic rings. The van der Waals surface area contributed by atoms with Crippen molar-refractivity contribution in [2.24, 2.45) is 11.8 Å². The Morgan fingerprint density at radius 2 is 0.828 bits per heavy atom. The van der Waals surface area contributed by atoms with Gasteiger partial charge >= 0.3 is 0 Å². The Morgan fingerprint density at radius 3 is 1.22 bits per heavy atom. The third-order valence-corrected chi connectivity index (χ3v) is 13.1. The molecule has 2 heterocycles. The highest BCUT2D eigenvalue weighted by Gasteiger charge is 2.34. The van der Waals surface area contributed by atoms with E-state index >= 15 is 0 Å². The third kappa shape index (κ3) is 11.6. The maximum absolute atomic E-state index is 14.4. The Morgan fingerprint density at radius 1 is 0.484 bits per heavy atom. The lowest BCUT2D eigenvalue weighted by atomic mass is 9.85. The van der Waals surface area contributed by atoms with E-state index in [9.17, 15) is 24.3 Å². The molecule has 5 N–H and O–H groups in total. The van der Waals surface area contributed by atoms with Crippen LogP contribution in [0.3, 0.4) is 0 Å². The normalized spacial score (nSPS) is 20.1. The number of hydrogen-bond acceptors (Lipinski definition) is 7. The summed E-state index contributed by atoms with van der Waals surface area (Å²) < 4.78 is 0. The van der Waals surface area contributed by atoms with Gasteiger partial charge in [0.15, 0.2) is 0 Å². The van der Waals surface area contributed by atoms with Crippen molar-refractivity contribution in [1.82, 2.24) is 31.2 Å². The van der Waals surface area contributed by atoms with Gasteiger partial charge in [-0.25, -0.2) is 0 Å². The van der Waals surface area contributed by atoms with Crippen molar-refractivity contribution >= 4 is 45.2 Å². The van der Waals surface area contributed by atoms with Crippen molar-refractivity contribution in [2.75, 3.05) is 0 Å². The minimum Gasteiger partial charge on any atom is -0.393 e. The first-order valence-electron chi connectivity index (χ1n) is 22.9. The van der Waals surface area contributed by atoms with E-state index in [-0.39, 0.29) is 60.6 Å². The van der Waals surface area contributed by atoms with Crippen molar-refractivity contribution in [3.8, 4) is 0 Å². The largest absolute Gasteiger partial charge is 0.393 e. The van der Waals surface area contributed by atoms with Crippen LogP contribution >= 0.6 is 0 Å². The number of aliphatic hydroxyl groups excluding tert-OH is 1. The van der Waals surface area contributed by atoms with Crippen LogP contribution in [0.5, 0.6) is 0 Å². The zero-order valence-corrected chi connectivity index (χ0v) is 36.2. The van der Waals surface area contributed by atoms with Gasteiger partial charge in [0.2, 0.25) is 11.8 Å². The summed E-state index contributed by atoms with van der Waals surface area (Å²) in [5.74, 6) is -2.13. The third-order valence-electron chi connectivity index (χ3n) is 13.1. The Bertz CT molecular complexity index is 2360. The van der Waals surface area contributed by atoms with Gasteiger partial charge in [-0.1, -0.05) is 135 Å². The van der Waals surface area contributed by atoms with Gasteiger partial charge in [-0.15, -0.1) is 0 Å². The van der Waals surface area contributed by atoms with E-state index in [0.717, 1.165) is 71.2 Å². The van der Waals surface area contributed by atoms with E-state index in [2.05, 4.69) is 31.2 Å². The van der Waals surface area contributed by atoms with E-state index in [1.807, 2.05) is 109 Å². The van der Waals surface area contributed by atoms with Gasteiger partial charge in [0.05, 0.1) is 6.10 Å². The first-order valence-corrected chi connectivity index (χ1v) is 22.9. The molecule has 6 aromatic rings. The number of pyridine rings is 2. The molecule has 0 aliphatic heterocycles. The second-order valence-electron chi connectivity index (χ2n) is 17.7. The van der Waals surface area contributed by atoms with Gasteiger partial charge in [-0.05, 0) is 85.4 Å². The van der Waals surface area contributed by atoms with Crippen molar-refractivity contribution in [3.05, 3.63) is 156 Å². The number of aromatic nitrogens is 2. The van der Waals surface area contributed by atoms with Gasteiger partial charge in [0.25, 0.3) is 11.8 Å². The zero-order valence-electron chi connectivity index (χ0n) is 36.2. The number of nitrogens with one attached hydrogen (secondary N) is 4. The number of fused-ring (bicyclic) bond motifs is 2. The second-order valence-corrected chi connectivity index (χ2v) is 17.7. The van der Waals surface area contributed by atoms with E-state index in [0.29, 0.717) is 37.1 Å². The molecule has 2 aliphatic carbocycles. The monoisotopic (exact) mass is 858 g/mol. The summed E-state index contributed by atoms with van der Waals surface area (Å²) in [6.07, 6.45) is 10.1. The molecular formula is C53H58N6O5. The van der Waals surface area contributed by atoms with Crippen molar-refractivity contribution < 1.29 is 24.3 Å². The van der Waals surface area contributed by atoms with Crippen LogP contribution in [0.1, 0.15) is 96.3 Å². The van der Waals surface area contributed by atoms with Gasteiger partial charge in [-0.2, -0.15) is 0 Å². The molecule has 2 fully saturated rings. The van der Waals surface area contributed by atoms with Crippen LogP contribution in [-0.2, 0) is 22.4 Å². The lowest BCUT2D eigenvalue weighted by molar-refractivity contribution is -0.128. The molecule has 0 radical (unpaired) electrons. The fourth-order valence-electron chi connectivity index (χ4n) is 9.57. The minimum absolute atomic E-state index is 0.144. The number of rotatable bonds is 16. The average molecular weight is 859 g/mol. The van der Waals surface area contributed by atoms with E-state index < -0.39 is 17.9 Å². The highest BCUT2D eigenvalue weighted by molar-refractivity contribution is 5.97. The second kappa shape index (κ2) is 21.3. The Kier molecular flexibility index (Phi) is 14.7. The van der Waals surface area contributed by atoms with Crippen molar-refractivity contribution in [1.29, 1.82) is 0 Å². The molecule has 0 bridgehead atoms. The summed E-state index contributed by atoms with van der Waals surface area (Å²) in [5, 5.41) is 28.6. The van der Waals surface area contributed by atoms with Gasteiger partial charge in [0.1, 0.15) is 11.4 Å². The minimum atomic E-state index is -0.972. The quantitative estimate of drug-likeness (QED) is 0.0668. The number of carbonyl (C=O) groups is 4. The number of aliphatic hydroxyl groups is 1. The molecule has 11 nitrogen and oxygen atoms in total. The summed E-state index contributed by atoms with van der Waals surface area (Å²) in [4.78, 5) is 64.7. The lowest BCUT2D eigenvalue weighted by Crippen LogP contribution is -2.55. The molecule has 7 atom stereocenters. The number of amides is 4. The van der Waals surface area contributed by atoms with E-state index in [4.69, 9.17) is 0 Å². The van der Waals surface area contributed by atoms with Crippen LogP contribution < -0.4 is 21.3 Å². The van der Waals surface area contributed by atoms with Gasteiger partial charge < -0.3 is 26.4 Å². The molecule has 0 spiro atoms.